The van der Waals surface area contributed by atoms with Crippen LogP contribution < -0.4 is 16.0 Å². The summed E-state index contributed by atoms with van der Waals surface area (Å²) in [5, 5.41) is 9.13. The number of hydrogen-bond donors (Lipinski definition) is 4. The van der Waals surface area contributed by atoms with Crippen LogP contribution in [0.3, 0.4) is 0 Å². The van der Waals surface area contributed by atoms with Crippen LogP contribution in [0, 0.1) is 0 Å². The summed E-state index contributed by atoms with van der Waals surface area (Å²) in [6, 6.07) is 31.9. The monoisotopic (exact) mass is 934 g/mol. The molecule has 0 unspecified atom stereocenters. The fourth-order valence-corrected chi connectivity index (χ4v) is 9.88. The van der Waals surface area contributed by atoms with Crippen LogP contribution in [0.2, 0.25) is 0 Å². The van der Waals surface area contributed by atoms with Crippen molar-refractivity contribution in [2.24, 2.45) is 0 Å². The number of aromatic nitrogens is 2. The van der Waals surface area contributed by atoms with E-state index in [1.807, 2.05) is 122 Å². The van der Waals surface area contributed by atoms with Gasteiger partial charge in [-0.3, -0.25) is 14.4 Å². The molecular weight excluding hydrogens is 871 g/mol. The zero-order chi connectivity index (χ0) is 47.9. The second-order valence-corrected chi connectivity index (χ2v) is 18.7. The molecule has 5 heterocycles. The van der Waals surface area contributed by atoms with E-state index in [9.17, 15) is 24.0 Å². The number of carbonyl (C=O) groups is 5. The second kappa shape index (κ2) is 21.5. The van der Waals surface area contributed by atoms with Crippen molar-refractivity contribution in [1.82, 2.24) is 55.3 Å². The summed E-state index contributed by atoms with van der Waals surface area (Å²) >= 11 is 0. The Labute approximate surface area is 404 Å². The van der Waals surface area contributed by atoms with Crippen molar-refractivity contribution >= 4 is 29.8 Å². The molecule has 0 radical (unpaired) electrons. The molecule has 5 aromatic rings. The lowest BCUT2D eigenvalue weighted by Gasteiger charge is -2.34. The van der Waals surface area contributed by atoms with Crippen LogP contribution in [0.4, 0.5) is 9.59 Å². The Morgan fingerprint density at radius 2 is 1.06 bits per heavy atom. The van der Waals surface area contributed by atoms with Gasteiger partial charge in [-0.15, -0.1) is 0 Å². The predicted octanol–water partition coefficient (Wildman–Crippen LogP) is 5.41. The van der Waals surface area contributed by atoms with Gasteiger partial charge in [0, 0.05) is 72.0 Å². The number of hydrogen-bond acceptors (Lipinski definition) is 8. The van der Waals surface area contributed by atoms with Crippen molar-refractivity contribution in [3.63, 3.8) is 0 Å². The van der Waals surface area contributed by atoms with Gasteiger partial charge in [0.2, 0.25) is 11.8 Å². The standard InChI is InChI=1S/C53H63N11O5/c1-59-27-31-61(32-28-59)52(68)57-46(41-11-5-3-6-12-41)50(66)63-25-9-15-44(63)48-54-36-43(56-48)40-23-21-39(22-24-40)38-19-17-37(18-20-38)35-55-49(65)45-16-10-26-64(45)51(67)47(42-13-7-4-8-14-42)58-53(69)62-33-29-60(2)30-34-62/h3-8,11-14,17-24,36,44-47H,9-10,15-16,25-35H2,1-2H3,(H,54,56)(H,55,65)(H,57,68)(H,58,69)/t44-,45-,46+,47+/m0/s1. The Morgan fingerprint density at radius 3 is 1.61 bits per heavy atom. The number of aromatic amines is 1. The molecule has 4 fully saturated rings. The van der Waals surface area contributed by atoms with Crippen LogP contribution in [0.5, 0.6) is 0 Å². The minimum absolute atomic E-state index is 0.147. The highest BCUT2D eigenvalue weighted by molar-refractivity contribution is 5.93. The molecule has 16 nitrogen and oxygen atoms in total. The van der Waals surface area contributed by atoms with Crippen LogP contribution in [0.25, 0.3) is 22.4 Å². The van der Waals surface area contributed by atoms with Crippen LogP contribution in [-0.4, -0.2) is 155 Å². The summed E-state index contributed by atoms with van der Waals surface area (Å²) in [4.78, 5) is 88.7. The molecule has 4 aliphatic rings. The molecule has 360 valence electrons. The Bertz CT molecular complexity index is 2560. The number of likely N-dealkylation sites (N-methyl/N-ethyl adjacent to an activating group) is 2. The Morgan fingerprint density at radius 1 is 0.580 bits per heavy atom. The number of piperazine rings is 2. The van der Waals surface area contributed by atoms with E-state index in [-0.39, 0.29) is 35.8 Å². The summed E-state index contributed by atoms with van der Waals surface area (Å²) in [5.41, 5.74) is 6.21. The first-order valence-corrected chi connectivity index (χ1v) is 24.3. The number of likely N-dealkylation sites (tertiary alicyclic amines) is 2. The molecule has 4 atom stereocenters. The minimum Gasteiger partial charge on any atom is -0.350 e. The average molecular weight is 934 g/mol. The molecular formula is C53H63N11O5. The molecule has 0 saturated carbocycles. The molecule has 69 heavy (non-hydrogen) atoms. The number of carbonyl (C=O) groups excluding carboxylic acids is 5. The molecule has 9 rings (SSSR count). The highest BCUT2D eigenvalue weighted by Gasteiger charge is 2.40. The van der Waals surface area contributed by atoms with Gasteiger partial charge in [0.1, 0.15) is 23.9 Å². The van der Waals surface area contributed by atoms with E-state index in [0.29, 0.717) is 70.0 Å². The molecule has 4 N–H and O–H groups in total. The van der Waals surface area contributed by atoms with Crippen molar-refractivity contribution in [3.05, 3.63) is 138 Å². The Hall–Kier alpha value is -7.04. The summed E-state index contributed by atoms with van der Waals surface area (Å²) in [6.07, 6.45) is 4.65. The summed E-state index contributed by atoms with van der Waals surface area (Å²) in [7, 11) is 4.07. The van der Waals surface area contributed by atoms with Gasteiger partial charge in [-0.1, -0.05) is 109 Å². The maximum atomic E-state index is 14.4. The quantitative estimate of drug-likeness (QED) is 0.129. The zero-order valence-electron chi connectivity index (χ0n) is 39.6. The lowest BCUT2D eigenvalue weighted by Crippen LogP contribution is -2.54. The molecule has 4 saturated heterocycles. The highest BCUT2D eigenvalue weighted by Crippen LogP contribution is 2.35. The van der Waals surface area contributed by atoms with Gasteiger partial charge < -0.3 is 50.3 Å². The zero-order valence-corrected chi connectivity index (χ0v) is 39.6. The molecule has 16 heteroatoms. The van der Waals surface area contributed by atoms with Gasteiger partial charge in [-0.25, -0.2) is 14.6 Å². The lowest BCUT2D eigenvalue weighted by molar-refractivity contribution is -0.140. The van der Waals surface area contributed by atoms with Crippen molar-refractivity contribution < 1.29 is 24.0 Å². The van der Waals surface area contributed by atoms with Crippen LogP contribution in [0.15, 0.2) is 115 Å². The topological polar surface area (TPSA) is 170 Å². The summed E-state index contributed by atoms with van der Waals surface area (Å²) in [6.45, 7) is 6.82. The number of imidazole rings is 1. The SMILES string of the molecule is CN1CCN(C(=O)N[C@@H](C(=O)N2CCC[C@H]2C(=O)NCc2ccc(-c3ccc(-c4cnc([C@@H]5CCCN5C(=O)[C@H](NC(=O)N5CCN(C)CC5)c5ccccc5)[nH]4)cc3)cc2)c2ccccc2)CC1. The Balaban J connectivity index is 0.801. The van der Waals surface area contributed by atoms with Crippen molar-refractivity contribution in [2.45, 2.75) is 56.4 Å². The van der Waals surface area contributed by atoms with Crippen LogP contribution in [0.1, 0.15) is 66.3 Å². The first-order chi connectivity index (χ1) is 33.6. The van der Waals surface area contributed by atoms with Gasteiger partial charge in [-0.2, -0.15) is 0 Å². The van der Waals surface area contributed by atoms with E-state index in [1.54, 1.807) is 14.7 Å². The summed E-state index contributed by atoms with van der Waals surface area (Å²) in [5.74, 6) is 0.0721. The molecule has 4 aromatic carbocycles. The number of nitrogens with zero attached hydrogens (tertiary/aromatic N) is 7. The number of amides is 7. The fraction of sp³-hybridized carbons (Fsp3) is 0.396. The normalized spacial score (nSPS) is 19.8. The smallest absolute Gasteiger partial charge is 0.318 e. The van der Waals surface area contributed by atoms with Gasteiger partial charge in [0.15, 0.2) is 0 Å². The van der Waals surface area contributed by atoms with E-state index in [4.69, 9.17) is 4.98 Å². The van der Waals surface area contributed by atoms with Gasteiger partial charge in [0.05, 0.1) is 17.9 Å². The van der Waals surface area contributed by atoms with E-state index >= 15 is 0 Å². The number of urea groups is 2. The lowest BCUT2D eigenvalue weighted by atomic mass is 10.0. The van der Waals surface area contributed by atoms with Gasteiger partial charge >= 0.3 is 12.1 Å². The van der Waals surface area contributed by atoms with Crippen LogP contribution in [-0.2, 0) is 20.9 Å². The molecule has 0 spiro atoms. The first-order valence-electron chi connectivity index (χ1n) is 24.3. The maximum Gasteiger partial charge on any atom is 0.318 e. The molecule has 7 amide bonds. The third-order valence-corrected chi connectivity index (χ3v) is 14.1. The largest absolute Gasteiger partial charge is 0.350 e. The predicted molar refractivity (Wildman–Crippen MR) is 263 cm³/mol. The van der Waals surface area contributed by atoms with Crippen LogP contribution >= 0.6 is 0 Å². The Kier molecular flexibility index (Phi) is 14.7. The molecule has 1 aromatic heterocycles. The second-order valence-electron chi connectivity index (χ2n) is 18.7. The van der Waals surface area contributed by atoms with Gasteiger partial charge in [0.25, 0.3) is 5.91 Å². The minimum atomic E-state index is -0.904. The first kappa shape index (κ1) is 47.0. The van der Waals surface area contributed by atoms with E-state index in [0.717, 1.165) is 72.5 Å². The van der Waals surface area contributed by atoms with E-state index < -0.39 is 18.1 Å². The van der Waals surface area contributed by atoms with Crippen molar-refractivity contribution in [2.75, 3.05) is 79.5 Å². The molecule has 0 aliphatic carbocycles. The number of nitrogens with one attached hydrogen (secondary N) is 4. The third-order valence-electron chi connectivity index (χ3n) is 14.1. The number of rotatable bonds is 12. The van der Waals surface area contributed by atoms with E-state index in [2.05, 4.69) is 42.9 Å². The molecule has 4 aliphatic heterocycles. The van der Waals surface area contributed by atoms with Crippen molar-refractivity contribution in [1.29, 1.82) is 0 Å². The summed E-state index contributed by atoms with van der Waals surface area (Å²) < 4.78 is 0. The number of benzene rings is 4. The molecule has 0 bridgehead atoms. The third kappa shape index (κ3) is 11.0. The average Bonchev–Trinajstić information content (AvgIpc) is 4.20. The number of H-pyrrole nitrogens is 1. The maximum absolute atomic E-state index is 14.4. The van der Waals surface area contributed by atoms with E-state index in [1.165, 1.54) is 0 Å². The van der Waals surface area contributed by atoms with Gasteiger partial charge in [-0.05, 0) is 73.2 Å². The fourth-order valence-electron chi connectivity index (χ4n) is 9.88. The van der Waals surface area contributed by atoms with Crippen molar-refractivity contribution in [3.8, 4) is 22.4 Å². The highest BCUT2D eigenvalue weighted by atomic mass is 16.2.